The van der Waals surface area contributed by atoms with Gasteiger partial charge in [-0.2, -0.15) is 23.4 Å². The van der Waals surface area contributed by atoms with Gasteiger partial charge >= 0.3 is 6.18 Å². The largest absolute Gasteiger partial charge is 0.457 e. The molecule has 2 aromatic carbocycles. The molecule has 2 aliphatic heterocycles. The van der Waals surface area contributed by atoms with Gasteiger partial charge in [0, 0.05) is 51.0 Å². The summed E-state index contributed by atoms with van der Waals surface area (Å²) in [5.41, 5.74) is -0.649. The summed E-state index contributed by atoms with van der Waals surface area (Å²) in [4.78, 5) is 8.36. The fourth-order valence-electron chi connectivity index (χ4n) is 6.14. The van der Waals surface area contributed by atoms with Crippen LogP contribution in [0.5, 0.6) is 11.5 Å². The van der Waals surface area contributed by atoms with Gasteiger partial charge in [0.2, 0.25) is 0 Å². The highest BCUT2D eigenvalue weighted by molar-refractivity contribution is 5.84. The second kappa shape index (κ2) is 14.2. The second-order valence-electron chi connectivity index (χ2n) is 11.6. The highest BCUT2D eigenvalue weighted by Gasteiger charge is 2.44. The number of para-hydroxylation sites is 1. The molecule has 12 heteroatoms. The summed E-state index contributed by atoms with van der Waals surface area (Å²) in [5, 5.41) is 7.61. The van der Waals surface area contributed by atoms with E-state index < -0.39 is 23.2 Å². The summed E-state index contributed by atoms with van der Waals surface area (Å²) in [6.07, 6.45) is 0.593. The summed E-state index contributed by atoms with van der Waals surface area (Å²) in [6.45, 7) is 3.48. The van der Waals surface area contributed by atoms with Crippen LogP contribution in [-0.2, 0) is 15.7 Å². The molecule has 6 rings (SSSR count). The van der Waals surface area contributed by atoms with Crippen LogP contribution in [0, 0.1) is 0 Å². The van der Waals surface area contributed by atoms with Crippen molar-refractivity contribution in [2.75, 3.05) is 57.9 Å². The lowest BCUT2D eigenvalue weighted by Crippen LogP contribution is -2.57. The lowest BCUT2D eigenvalue weighted by atomic mass is 9.88. The van der Waals surface area contributed by atoms with Crippen LogP contribution in [0.15, 0.2) is 79.1 Å². The molecule has 0 saturated carbocycles. The van der Waals surface area contributed by atoms with Crippen molar-refractivity contribution in [2.24, 2.45) is 0 Å². The van der Waals surface area contributed by atoms with Gasteiger partial charge in [0.15, 0.2) is 0 Å². The van der Waals surface area contributed by atoms with Gasteiger partial charge < -0.3 is 24.0 Å². The topological polar surface area (TPSA) is 72.8 Å². The molecule has 4 aromatic rings. The molecule has 0 N–H and O–H groups in total. The van der Waals surface area contributed by atoms with E-state index in [2.05, 4.69) is 20.1 Å². The Morgan fingerprint density at radius 3 is 2.51 bits per heavy atom. The van der Waals surface area contributed by atoms with Gasteiger partial charge in [0.25, 0.3) is 0 Å². The quantitative estimate of drug-likeness (QED) is 0.177. The summed E-state index contributed by atoms with van der Waals surface area (Å²) in [7, 11) is 1.65. The number of benzene rings is 2. The molecular weight excluding hydrogens is 614 g/mol. The Balaban J connectivity index is 1.41. The molecule has 0 atom stereocenters. The van der Waals surface area contributed by atoms with E-state index >= 15 is 17.6 Å². The van der Waals surface area contributed by atoms with Gasteiger partial charge in [-0.05, 0) is 61.4 Å². The predicted molar refractivity (Wildman–Crippen MR) is 171 cm³/mol. The van der Waals surface area contributed by atoms with E-state index in [1.54, 1.807) is 60.5 Å². The molecule has 8 nitrogen and oxygen atoms in total. The Kier molecular flexibility index (Phi) is 9.81. The molecular formula is C35H35F4N5O3. The SMILES string of the molecule is COCCN1CCC2(CC1)CN(c1c(/C=C(\F)c3cccc(-c4ccnnc4)n3)ccc(Oc3ccccc3)c1C(F)(F)F)CCO2. The van der Waals surface area contributed by atoms with Crippen LogP contribution in [0.4, 0.5) is 23.2 Å². The van der Waals surface area contributed by atoms with E-state index in [4.69, 9.17) is 14.2 Å². The maximum Gasteiger partial charge on any atom is 0.422 e. The van der Waals surface area contributed by atoms with Crippen molar-refractivity contribution >= 4 is 17.6 Å². The second-order valence-corrected chi connectivity index (χ2v) is 11.6. The lowest BCUT2D eigenvalue weighted by Gasteiger charge is -2.48. The molecule has 2 saturated heterocycles. The van der Waals surface area contributed by atoms with Gasteiger partial charge in [-0.3, -0.25) is 0 Å². The highest BCUT2D eigenvalue weighted by Crippen LogP contribution is 2.48. The van der Waals surface area contributed by atoms with Gasteiger partial charge in [-0.25, -0.2) is 9.37 Å². The average Bonchev–Trinajstić information content (AvgIpc) is 3.09. The van der Waals surface area contributed by atoms with Crippen molar-refractivity contribution in [2.45, 2.75) is 24.6 Å². The Hall–Kier alpha value is -4.39. The van der Waals surface area contributed by atoms with Gasteiger partial charge in [-0.15, -0.1) is 0 Å². The number of nitrogens with zero attached hydrogens (tertiary/aromatic N) is 5. The summed E-state index contributed by atoms with van der Waals surface area (Å²) in [6, 6.07) is 17.5. The van der Waals surface area contributed by atoms with Gasteiger partial charge in [0.05, 0.1) is 48.3 Å². The van der Waals surface area contributed by atoms with Gasteiger partial charge in [-0.1, -0.05) is 24.3 Å². The smallest absolute Gasteiger partial charge is 0.422 e. The Morgan fingerprint density at radius 2 is 1.79 bits per heavy atom. The zero-order chi connectivity index (χ0) is 32.9. The number of pyridine rings is 1. The van der Waals surface area contributed by atoms with Crippen molar-refractivity contribution < 1.29 is 31.8 Å². The number of morpholine rings is 1. The minimum Gasteiger partial charge on any atom is -0.457 e. The molecule has 0 radical (unpaired) electrons. The van der Waals surface area contributed by atoms with Crippen molar-refractivity contribution in [3.05, 3.63) is 95.9 Å². The molecule has 0 aliphatic carbocycles. The third-order valence-electron chi connectivity index (χ3n) is 8.53. The number of likely N-dealkylation sites (tertiary alicyclic amines) is 1. The number of alkyl halides is 3. The highest BCUT2D eigenvalue weighted by atomic mass is 19.4. The fraction of sp³-hybridized carbons (Fsp3) is 0.343. The Morgan fingerprint density at radius 1 is 0.979 bits per heavy atom. The number of aromatic nitrogens is 3. The third-order valence-corrected chi connectivity index (χ3v) is 8.53. The van der Waals surface area contributed by atoms with Crippen LogP contribution >= 0.6 is 0 Å². The molecule has 0 unspecified atom stereocenters. The zero-order valence-electron chi connectivity index (χ0n) is 25.9. The monoisotopic (exact) mass is 649 g/mol. The number of hydrogen-bond acceptors (Lipinski definition) is 8. The zero-order valence-corrected chi connectivity index (χ0v) is 25.9. The maximum atomic E-state index is 16.0. The number of anilines is 1. The minimum absolute atomic E-state index is 0.0229. The van der Waals surface area contributed by atoms with Crippen molar-refractivity contribution in [3.63, 3.8) is 0 Å². The van der Waals surface area contributed by atoms with Crippen molar-refractivity contribution in [1.82, 2.24) is 20.1 Å². The fourth-order valence-corrected chi connectivity index (χ4v) is 6.14. The number of halogens is 4. The molecule has 2 fully saturated rings. The molecule has 1 spiro atoms. The van der Waals surface area contributed by atoms with E-state index in [0.29, 0.717) is 30.7 Å². The van der Waals surface area contributed by atoms with E-state index in [1.807, 2.05) is 0 Å². The molecule has 246 valence electrons. The van der Waals surface area contributed by atoms with E-state index in [1.165, 1.54) is 30.6 Å². The molecule has 2 aliphatic rings. The molecule has 2 aromatic heterocycles. The first-order valence-corrected chi connectivity index (χ1v) is 15.4. The lowest BCUT2D eigenvalue weighted by molar-refractivity contribution is -0.138. The van der Waals surface area contributed by atoms with E-state index in [0.717, 1.165) is 25.7 Å². The number of hydrogen-bond donors (Lipinski definition) is 0. The summed E-state index contributed by atoms with van der Waals surface area (Å²) in [5.74, 6) is -0.891. The first-order valence-electron chi connectivity index (χ1n) is 15.4. The minimum atomic E-state index is -4.82. The first-order chi connectivity index (χ1) is 22.7. The van der Waals surface area contributed by atoms with Crippen LogP contribution in [0.3, 0.4) is 0 Å². The van der Waals surface area contributed by atoms with Crippen molar-refractivity contribution in [1.29, 1.82) is 0 Å². The van der Waals surface area contributed by atoms with Crippen LogP contribution < -0.4 is 9.64 Å². The molecule has 4 heterocycles. The maximum absolute atomic E-state index is 16.0. The molecule has 0 amide bonds. The van der Waals surface area contributed by atoms with E-state index in [9.17, 15) is 0 Å². The van der Waals surface area contributed by atoms with Crippen LogP contribution in [0.25, 0.3) is 23.2 Å². The standard InChI is InChI=1S/C35H35F4N5O3/c1-45-20-18-43-16-13-34(14-17-43)24-44(19-21-46-34)33-25(10-11-31(32(33)35(37,38)39)47-27-6-3-2-4-7-27)22-28(36)30-9-5-8-29(42-30)26-12-15-40-41-23-26/h2-12,15,22-23H,13-14,16-21,24H2,1H3/b28-22-. The Bertz CT molecular complexity index is 1680. The van der Waals surface area contributed by atoms with Crippen LogP contribution in [0.1, 0.15) is 29.7 Å². The average molecular weight is 650 g/mol. The Labute approximate surface area is 270 Å². The normalized spacial score (nSPS) is 17.2. The summed E-state index contributed by atoms with van der Waals surface area (Å²) < 4.78 is 78.8. The summed E-state index contributed by atoms with van der Waals surface area (Å²) >= 11 is 0. The number of rotatable bonds is 9. The number of methoxy groups -OCH3 is 1. The third kappa shape index (κ3) is 7.61. The number of piperidine rings is 1. The van der Waals surface area contributed by atoms with Crippen LogP contribution in [0.2, 0.25) is 0 Å². The molecule has 47 heavy (non-hydrogen) atoms. The first kappa shape index (κ1) is 32.5. The molecule has 0 bridgehead atoms. The predicted octanol–water partition coefficient (Wildman–Crippen LogP) is 7.13. The number of ether oxygens (including phenoxy) is 3. The van der Waals surface area contributed by atoms with Gasteiger partial charge in [0.1, 0.15) is 22.9 Å². The van der Waals surface area contributed by atoms with Crippen molar-refractivity contribution in [3.8, 4) is 22.8 Å². The van der Waals surface area contributed by atoms with E-state index in [-0.39, 0.29) is 48.1 Å². The van der Waals surface area contributed by atoms with Crippen LogP contribution in [-0.4, -0.2) is 78.7 Å².